The lowest BCUT2D eigenvalue weighted by Crippen LogP contribution is -2.34. The molecule has 1 fully saturated rings. The second-order valence-corrected chi connectivity index (χ2v) is 5.41. The number of amides is 1. The number of pyridine rings is 1. The van der Waals surface area contributed by atoms with Gasteiger partial charge in [0.25, 0.3) is 11.5 Å². The van der Waals surface area contributed by atoms with E-state index in [0.29, 0.717) is 12.3 Å². The van der Waals surface area contributed by atoms with Crippen LogP contribution in [0.15, 0.2) is 27.5 Å². The van der Waals surface area contributed by atoms with Crippen LogP contribution >= 0.6 is 0 Å². The van der Waals surface area contributed by atoms with E-state index in [1.54, 1.807) is 24.0 Å². The first-order chi connectivity index (χ1) is 10.1. The number of aromatic amines is 1. The Bertz CT molecular complexity index is 732. The molecule has 0 aromatic carbocycles. The van der Waals surface area contributed by atoms with Crippen molar-refractivity contribution < 1.29 is 9.32 Å². The highest BCUT2D eigenvalue weighted by Crippen LogP contribution is 2.33. The Balaban J connectivity index is 1.91. The highest BCUT2D eigenvalue weighted by atomic mass is 16.5. The number of likely N-dealkylation sites (tertiary alicyclic amines) is 1. The average Bonchev–Trinajstić information content (AvgIpc) is 3.06. The van der Waals surface area contributed by atoms with Crippen molar-refractivity contribution in [1.29, 1.82) is 0 Å². The first kappa shape index (κ1) is 13.6. The van der Waals surface area contributed by atoms with Gasteiger partial charge in [-0.05, 0) is 38.8 Å². The van der Waals surface area contributed by atoms with E-state index in [1.807, 2.05) is 13.0 Å². The zero-order valence-corrected chi connectivity index (χ0v) is 12.0. The van der Waals surface area contributed by atoms with Crippen LogP contribution in [-0.2, 0) is 0 Å². The Hall–Kier alpha value is -2.37. The molecule has 21 heavy (non-hydrogen) atoms. The first-order valence-corrected chi connectivity index (χ1v) is 7.00. The van der Waals surface area contributed by atoms with Crippen LogP contribution in [0, 0.1) is 13.8 Å². The smallest absolute Gasteiger partial charge is 0.260 e. The lowest BCUT2D eigenvalue weighted by Gasteiger charge is -2.22. The molecule has 3 rings (SSSR count). The van der Waals surface area contributed by atoms with Crippen LogP contribution in [0.25, 0.3) is 0 Å². The number of nitrogens with zero attached hydrogens (tertiary/aromatic N) is 2. The maximum Gasteiger partial charge on any atom is 0.260 e. The van der Waals surface area contributed by atoms with Gasteiger partial charge in [0.15, 0.2) is 5.76 Å². The van der Waals surface area contributed by atoms with Crippen molar-refractivity contribution in [2.75, 3.05) is 6.54 Å². The summed E-state index contributed by atoms with van der Waals surface area (Å²) in [6, 6.07) is 5.02. The number of aromatic nitrogens is 2. The summed E-state index contributed by atoms with van der Waals surface area (Å²) >= 11 is 0. The normalized spacial score (nSPS) is 18.2. The molecule has 1 aliphatic rings. The Morgan fingerprint density at radius 2 is 2.24 bits per heavy atom. The van der Waals surface area contributed by atoms with Gasteiger partial charge in [0.1, 0.15) is 5.56 Å². The van der Waals surface area contributed by atoms with Crippen molar-refractivity contribution in [3.05, 3.63) is 51.3 Å². The van der Waals surface area contributed by atoms with E-state index in [-0.39, 0.29) is 23.1 Å². The van der Waals surface area contributed by atoms with Crippen LogP contribution in [0.1, 0.15) is 46.4 Å². The van der Waals surface area contributed by atoms with Crippen LogP contribution in [0.3, 0.4) is 0 Å². The minimum atomic E-state index is -0.348. The molecule has 2 aromatic heterocycles. The lowest BCUT2D eigenvalue weighted by molar-refractivity contribution is 0.0712. The number of H-pyrrole nitrogens is 1. The van der Waals surface area contributed by atoms with Gasteiger partial charge in [-0.1, -0.05) is 5.16 Å². The molecular formula is C15H17N3O3. The van der Waals surface area contributed by atoms with E-state index in [4.69, 9.17) is 4.52 Å². The molecule has 6 nitrogen and oxygen atoms in total. The van der Waals surface area contributed by atoms with E-state index in [2.05, 4.69) is 10.1 Å². The van der Waals surface area contributed by atoms with Crippen LogP contribution in [0.5, 0.6) is 0 Å². The van der Waals surface area contributed by atoms with Crippen LogP contribution in [-0.4, -0.2) is 27.5 Å². The van der Waals surface area contributed by atoms with Crippen molar-refractivity contribution >= 4 is 5.91 Å². The molecule has 0 spiro atoms. The molecule has 0 saturated carbocycles. The largest absolute Gasteiger partial charge is 0.359 e. The summed E-state index contributed by atoms with van der Waals surface area (Å²) in [6.45, 7) is 4.25. The fraction of sp³-hybridized carbons (Fsp3) is 0.400. The van der Waals surface area contributed by atoms with Crippen molar-refractivity contribution in [3.8, 4) is 0 Å². The van der Waals surface area contributed by atoms with Gasteiger partial charge < -0.3 is 14.4 Å². The van der Waals surface area contributed by atoms with E-state index in [9.17, 15) is 9.59 Å². The van der Waals surface area contributed by atoms with E-state index >= 15 is 0 Å². The number of aryl methyl sites for hydroxylation is 2. The van der Waals surface area contributed by atoms with Gasteiger partial charge in [-0.25, -0.2) is 0 Å². The molecule has 1 aliphatic heterocycles. The summed E-state index contributed by atoms with van der Waals surface area (Å²) in [5.74, 6) is 0.426. The molecule has 3 heterocycles. The predicted octanol–water partition coefficient (Wildman–Crippen LogP) is 1.96. The average molecular weight is 287 g/mol. The van der Waals surface area contributed by atoms with E-state index < -0.39 is 0 Å². The monoisotopic (exact) mass is 287 g/mol. The summed E-state index contributed by atoms with van der Waals surface area (Å²) < 4.78 is 5.28. The van der Waals surface area contributed by atoms with Gasteiger partial charge in [0, 0.05) is 18.3 Å². The van der Waals surface area contributed by atoms with Gasteiger partial charge in [-0.3, -0.25) is 9.59 Å². The fourth-order valence-electron chi connectivity index (χ4n) is 2.74. The molecule has 110 valence electrons. The topological polar surface area (TPSA) is 79.2 Å². The minimum Gasteiger partial charge on any atom is -0.359 e. The van der Waals surface area contributed by atoms with Crippen LogP contribution in [0.2, 0.25) is 0 Å². The Morgan fingerprint density at radius 1 is 1.43 bits per heavy atom. The van der Waals surface area contributed by atoms with Crippen molar-refractivity contribution in [3.63, 3.8) is 0 Å². The lowest BCUT2D eigenvalue weighted by atomic mass is 10.1. The Morgan fingerprint density at radius 3 is 2.90 bits per heavy atom. The number of carbonyl (C=O) groups excluding carboxylic acids is 1. The summed E-state index contributed by atoms with van der Waals surface area (Å²) in [5.41, 5.74) is 1.35. The number of carbonyl (C=O) groups is 1. The highest BCUT2D eigenvalue weighted by molar-refractivity contribution is 5.94. The van der Waals surface area contributed by atoms with Crippen molar-refractivity contribution in [1.82, 2.24) is 15.0 Å². The molecule has 2 aromatic rings. The van der Waals surface area contributed by atoms with Crippen LogP contribution < -0.4 is 5.56 Å². The molecule has 0 unspecified atom stereocenters. The summed E-state index contributed by atoms with van der Waals surface area (Å²) in [7, 11) is 0. The second-order valence-electron chi connectivity index (χ2n) is 5.41. The quantitative estimate of drug-likeness (QED) is 0.915. The van der Waals surface area contributed by atoms with Crippen molar-refractivity contribution in [2.45, 2.75) is 32.7 Å². The standard InChI is InChI=1S/C15H17N3O3/c1-9-5-6-11(14(19)16-9)15(20)18-7-3-4-12(18)13-8-10(2)17-21-13/h5-6,8,12H,3-4,7H2,1-2H3,(H,16,19)/t12-/m0/s1. The summed E-state index contributed by atoms with van der Waals surface area (Å²) in [4.78, 5) is 28.9. The molecular weight excluding hydrogens is 270 g/mol. The Kier molecular flexibility index (Phi) is 3.37. The zero-order chi connectivity index (χ0) is 15.0. The van der Waals surface area contributed by atoms with Gasteiger partial charge in [0.05, 0.1) is 11.7 Å². The third-order valence-electron chi connectivity index (χ3n) is 3.77. The minimum absolute atomic E-state index is 0.139. The third-order valence-corrected chi connectivity index (χ3v) is 3.77. The molecule has 0 aliphatic carbocycles. The molecule has 0 radical (unpaired) electrons. The molecule has 6 heteroatoms. The maximum atomic E-state index is 12.6. The molecule has 1 atom stereocenters. The molecule has 0 bridgehead atoms. The first-order valence-electron chi connectivity index (χ1n) is 7.00. The number of hydrogen-bond donors (Lipinski definition) is 1. The zero-order valence-electron chi connectivity index (χ0n) is 12.0. The number of hydrogen-bond acceptors (Lipinski definition) is 4. The van der Waals surface area contributed by atoms with E-state index in [1.165, 1.54) is 0 Å². The highest BCUT2D eigenvalue weighted by Gasteiger charge is 2.34. The van der Waals surface area contributed by atoms with Gasteiger partial charge in [-0.15, -0.1) is 0 Å². The number of nitrogens with one attached hydrogen (secondary N) is 1. The summed E-state index contributed by atoms with van der Waals surface area (Å²) in [6.07, 6.45) is 1.71. The number of rotatable bonds is 2. The summed E-state index contributed by atoms with van der Waals surface area (Å²) in [5, 5.41) is 3.88. The Labute approximate surface area is 121 Å². The van der Waals surface area contributed by atoms with Gasteiger partial charge in [-0.2, -0.15) is 0 Å². The second kappa shape index (κ2) is 5.20. The molecule has 1 amide bonds. The van der Waals surface area contributed by atoms with Gasteiger partial charge >= 0.3 is 0 Å². The van der Waals surface area contributed by atoms with Gasteiger partial charge in [0.2, 0.25) is 0 Å². The SMILES string of the molecule is Cc1cc([C@@H]2CCCN2C(=O)c2ccc(C)[nH]c2=O)on1. The predicted molar refractivity (Wildman–Crippen MR) is 76.1 cm³/mol. The van der Waals surface area contributed by atoms with Crippen LogP contribution in [0.4, 0.5) is 0 Å². The molecule has 1 N–H and O–H groups in total. The fourth-order valence-corrected chi connectivity index (χ4v) is 2.74. The van der Waals surface area contributed by atoms with E-state index in [0.717, 1.165) is 24.2 Å². The molecule has 1 saturated heterocycles. The maximum absolute atomic E-state index is 12.6. The third kappa shape index (κ3) is 2.49. The van der Waals surface area contributed by atoms with Crippen molar-refractivity contribution in [2.24, 2.45) is 0 Å².